The Hall–Kier alpha value is -4.75. The fourth-order valence-corrected chi connectivity index (χ4v) is 6.70. The highest BCUT2D eigenvalue weighted by molar-refractivity contribution is 6.18. The smallest absolute Gasteiger partial charge is 0.307 e. The van der Waals surface area contributed by atoms with E-state index in [0.29, 0.717) is 52.3 Å². The number of carbonyl (C=O) groups is 1. The van der Waals surface area contributed by atoms with Gasteiger partial charge in [0.05, 0.1) is 34.2 Å². The lowest BCUT2D eigenvalue weighted by atomic mass is 10.1. The number of alkyl halides is 2. The van der Waals surface area contributed by atoms with E-state index in [1.165, 1.54) is 94.9 Å². The molecule has 0 atom stereocenters. The van der Waals surface area contributed by atoms with Gasteiger partial charge in [-0.3, -0.25) is 20.3 Å². The summed E-state index contributed by atoms with van der Waals surface area (Å²) in [5, 5.41) is 20.6. The van der Waals surface area contributed by atoms with Crippen molar-refractivity contribution in [2.75, 3.05) is 67.0 Å². The third-order valence-electron chi connectivity index (χ3n) is 9.78. The van der Waals surface area contributed by atoms with Gasteiger partial charge in [-0.05, 0) is 55.7 Å². The molecule has 0 aromatic heterocycles. The minimum Gasteiger partial charge on any atom is -0.495 e. The van der Waals surface area contributed by atoms with Crippen molar-refractivity contribution in [2.45, 2.75) is 111 Å². The van der Waals surface area contributed by atoms with Crippen LogP contribution in [0.4, 0.5) is 34.1 Å². The predicted molar refractivity (Wildman–Crippen MR) is 249 cm³/mol. The Morgan fingerprint density at radius 2 is 1.31 bits per heavy atom. The minimum absolute atomic E-state index is 0.0101. The summed E-state index contributed by atoms with van der Waals surface area (Å²) >= 11 is 11.5. The SMILES string of the molecule is C=C(CCCl)OCCOc1cc(NNc2ccc([N+](=O)[O-])cc2)c(OCCOC(=O)CCCl)cc1N=Nc1ccc(N(CCCCCCCC)CCCCCCCC)cc1C. The van der Waals surface area contributed by atoms with E-state index in [2.05, 4.69) is 53.4 Å². The lowest BCUT2D eigenvalue weighted by molar-refractivity contribution is -0.384. The molecule has 0 radical (unpaired) electrons. The van der Waals surface area contributed by atoms with Gasteiger partial charge < -0.3 is 29.3 Å². The number of hydrazine groups is 1. The van der Waals surface area contributed by atoms with E-state index >= 15 is 0 Å². The maximum Gasteiger partial charge on any atom is 0.307 e. The monoisotopic (exact) mass is 884 g/mol. The number of aryl methyl sites for hydroxylation is 1. The van der Waals surface area contributed by atoms with Gasteiger partial charge in [-0.1, -0.05) is 84.6 Å². The van der Waals surface area contributed by atoms with Crippen LogP contribution in [0.15, 0.2) is 77.2 Å². The lowest BCUT2D eigenvalue weighted by Crippen LogP contribution is -2.25. The molecule has 0 heterocycles. The van der Waals surface area contributed by atoms with Crippen molar-refractivity contribution in [3.63, 3.8) is 0 Å². The largest absolute Gasteiger partial charge is 0.495 e. The second kappa shape index (κ2) is 30.3. The van der Waals surface area contributed by atoms with Crippen molar-refractivity contribution < 1.29 is 28.7 Å². The molecule has 15 heteroatoms. The summed E-state index contributed by atoms with van der Waals surface area (Å²) in [6, 6.07) is 15.7. The highest BCUT2D eigenvalue weighted by Crippen LogP contribution is 2.40. The van der Waals surface area contributed by atoms with Gasteiger partial charge in [0.2, 0.25) is 0 Å². The summed E-state index contributed by atoms with van der Waals surface area (Å²) in [4.78, 5) is 25.2. The first kappa shape index (κ1) is 50.6. The molecule has 13 nitrogen and oxygen atoms in total. The molecule has 0 saturated carbocycles. The second-order valence-corrected chi connectivity index (χ2v) is 15.5. The lowest BCUT2D eigenvalue weighted by Gasteiger charge is -2.26. The molecule has 0 saturated heterocycles. The van der Waals surface area contributed by atoms with Crippen LogP contribution in [0.5, 0.6) is 11.5 Å². The first-order valence-electron chi connectivity index (χ1n) is 21.7. The number of unbranched alkanes of at least 4 members (excludes halogenated alkanes) is 10. The van der Waals surface area contributed by atoms with E-state index in [1.807, 2.05) is 13.0 Å². The number of nitrogens with zero attached hydrogens (tertiary/aromatic N) is 4. The van der Waals surface area contributed by atoms with Gasteiger partial charge in [-0.15, -0.1) is 28.3 Å². The van der Waals surface area contributed by atoms with E-state index < -0.39 is 10.9 Å². The predicted octanol–water partition coefficient (Wildman–Crippen LogP) is 13.4. The standard InChI is InChI=1S/C46H66Cl2N6O7/c1-5-7-9-11-13-15-27-53(28-16-14-12-10-8-6-2)40-21-22-41(36(3)33-40)50-52-43-35-44(60-31-32-61-46(55)24-26-48)42(34-45(43)59-30-29-58-37(4)23-25-47)51-49-38-17-19-39(20-18-38)54(56)57/h17-22,33-35,49,51H,4-16,23-32H2,1-3H3. The second-order valence-electron chi connectivity index (χ2n) is 14.7. The van der Waals surface area contributed by atoms with Crippen LogP contribution in [-0.2, 0) is 14.3 Å². The summed E-state index contributed by atoms with van der Waals surface area (Å²) in [5.41, 5.74) is 10.4. The number of benzene rings is 3. The molecule has 0 aliphatic rings. The number of carbonyl (C=O) groups excluding carboxylic acids is 1. The van der Waals surface area contributed by atoms with Gasteiger partial charge in [0, 0.05) is 61.2 Å². The van der Waals surface area contributed by atoms with E-state index in [1.54, 1.807) is 24.3 Å². The number of hydrogen-bond donors (Lipinski definition) is 2. The van der Waals surface area contributed by atoms with Crippen LogP contribution in [0.25, 0.3) is 0 Å². The zero-order valence-electron chi connectivity index (χ0n) is 36.4. The van der Waals surface area contributed by atoms with E-state index in [-0.39, 0.29) is 44.4 Å². The molecule has 3 aromatic rings. The Kier molecular flexibility index (Phi) is 25.1. The van der Waals surface area contributed by atoms with Crippen LogP contribution in [0.1, 0.15) is 109 Å². The molecule has 2 N–H and O–H groups in total. The molecule has 336 valence electrons. The van der Waals surface area contributed by atoms with Crippen molar-refractivity contribution in [3.8, 4) is 11.5 Å². The highest BCUT2D eigenvalue weighted by Gasteiger charge is 2.16. The summed E-state index contributed by atoms with van der Waals surface area (Å²) in [6.07, 6.45) is 15.7. The number of halogens is 2. The van der Waals surface area contributed by atoms with Crippen molar-refractivity contribution in [3.05, 3.63) is 82.6 Å². The average Bonchev–Trinajstić information content (AvgIpc) is 3.25. The number of nitro groups is 1. The zero-order chi connectivity index (χ0) is 44.1. The van der Waals surface area contributed by atoms with E-state index in [0.717, 1.165) is 18.7 Å². The Morgan fingerprint density at radius 3 is 1.92 bits per heavy atom. The minimum atomic E-state index is -0.465. The summed E-state index contributed by atoms with van der Waals surface area (Å²) < 4.78 is 23.2. The van der Waals surface area contributed by atoms with Crippen molar-refractivity contribution in [2.24, 2.45) is 10.2 Å². The van der Waals surface area contributed by atoms with Crippen LogP contribution < -0.4 is 25.2 Å². The van der Waals surface area contributed by atoms with Crippen LogP contribution in [0.3, 0.4) is 0 Å². The number of nitro benzene ring substituents is 1. The number of azo groups is 1. The van der Waals surface area contributed by atoms with Gasteiger partial charge in [0.15, 0.2) is 0 Å². The summed E-state index contributed by atoms with van der Waals surface area (Å²) in [6.45, 7) is 12.9. The van der Waals surface area contributed by atoms with Crippen molar-refractivity contribution in [1.29, 1.82) is 0 Å². The zero-order valence-corrected chi connectivity index (χ0v) is 37.9. The molecule has 0 fully saturated rings. The molecule has 0 aliphatic heterocycles. The average molecular weight is 886 g/mol. The third kappa shape index (κ3) is 20.1. The molecule has 61 heavy (non-hydrogen) atoms. The molecule has 0 bridgehead atoms. The fourth-order valence-electron chi connectivity index (χ4n) is 6.33. The van der Waals surface area contributed by atoms with Crippen LogP contribution in [0.2, 0.25) is 0 Å². The van der Waals surface area contributed by atoms with Crippen molar-refractivity contribution >= 4 is 63.3 Å². The number of ether oxygens (including phenoxy) is 4. The maximum atomic E-state index is 11.9. The number of hydrogen-bond acceptors (Lipinski definition) is 12. The Morgan fingerprint density at radius 1 is 0.721 bits per heavy atom. The molecule has 0 amide bonds. The van der Waals surface area contributed by atoms with Gasteiger partial charge >= 0.3 is 5.97 Å². The molecule has 0 spiro atoms. The molecule has 3 aromatic carbocycles. The van der Waals surface area contributed by atoms with Gasteiger partial charge in [0.25, 0.3) is 5.69 Å². The fraction of sp³-hybridized carbons (Fsp3) is 0.543. The van der Waals surface area contributed by atoms with Crippen LogP contribution in [-0.4, -0.2) is 62.2 Å². The third-order valence-corrected chi connectivity index (χ3v) is 10.2. The topological polar surface area (TPSA) is 149 Å². The van der Waals surface area contributed by atoms with Crippen molar-refractivity contribution in [1.82, 2.24) is 0 Å². The molecule has 3 rings (SSSR count). The highest BCUT2D eigenvalue weighted by atomic mass is 35.5. The summed E-state index contributed by atoms with van der Waals surface area (Å²) in [7, 11) is 0. The Bertz CT molecular complexity index is 1760. The maximum absolute atomic E-state index is 11.9. The number of non-ortho nitro benzene ring substituents is 1. The quantitative estimate of drug-likeness (QED) is 0.0113. The first-order valence-corrected chi connectivity index (χ1v) is 22.8. The Labute approximate surface area is 372 Å². The van der Waals surface area contributed by atoms with E-state index in [9.17, 15) is 14.9 Å². The van der Waals surface area contributed by atoms with E-state index in [4.69, 9.17) is 47.3 Å². The Balaban J connectivity index is 1.91. The number of nitrogens with one attached hydrogen (secondary N) is 2. The number of allylic oxidation sites excluding steroid dienone is 1. The number of anilines is 3. The molecule has 0 aliphatic carbocycles. The van der Waals surface area contributed by atoms with Gasteiger partial charge in [-0.2, -0.15) is 5.11 Å². The summed E-state index contributed by atoms with van der Waals surface area (Å²) in [5.74, 6) is 1.40. The van der Waals surface area contributed by atoms with Crippen LogP contribution >= 0.6 is 23.2 Å². The van der Waals surface area contributed by atoms with Gasteiger partial charge in [-0.25, -0.2) is 0 Å². The molecule has 0 unspecified atom stereocenters. The molecular formula is C46H66Cl2N6O7. The van der Waals surface area contributed by atoms with Crippen LogP contribution in [0, 0.1) is 17.0 Å². The van der Waals surface area contributed by atoms with Gasteiger partial charge in [0.1, 0.15) is 43.6 Å². The number of rotatable bonds is 34. The first-order chi connectivity index (χ1) is 29.7. The normalized spacial score (nSPS) is 11.0. The number of esters is 1. The molecular weight excluding hydrogens is 819 g/mol.